The number of hydrogen-bond donors (Lipinski definition) is 2. The van der Waals surface area contributed by atoms with Crippen LogP contribution in [-0.4, -0.2) is 58.1 Å². The smallest absolute Gasteiger partial charge is 0.414 e. The lowest BCUT2D eigenvalue weighted by molar-refractivity contribution is -0.159. The first kappa shape index (κ1) is 20.2. The first-order valence-electron chi connectivity index (χ1n) is 8.12. The van der Waals surface area contributed by atoms with Crippen molar-refractivity contribution in [3.8, 4) is 0 Å². The highest BCUT2D eigenvalue weighted by atomic mass is 79.9. The molecule has 2 heterocycles. The molecule has 0 bridgehead atoms. The minimum Gasteiger partial charge on any atom is -0.473 e. The molecule has 3 rings (SSSR count). The largest absolute Gasteiger partial charge is 0.473 e. The van der Waals surface area contributed by atoms with Crippen molar-refractivity contribution >= 4 is 27.9 Å². The zero-order valence-corrected chi connectivity index (χ0v) is 15.8. The Morgan fingerprint density at radius 2 is 1.58 bits per heavy atom. The minimum atomic E-state index is -1.82. The average molecular weight is 425 g/mol. The number of carboxylic acids is 2. The van der Waals surface area contributed by atoms with Gasteiger partial charge in [-0.2, -0.15) is 0 Å². The first-order chi connectivity index (χ1) is 12.4. The van der Waals surface area contributed by atoms with Gasteiger partial charge in [0, 0.05) is 37.2 Å². The zero-order valence-electron chi connectivity index (χ0n) is 14.2. The molecule has 7 nitrogen and oxygen atoms in total. The Labute approximate surface area is 160 Å². The molecule has 1 aromatic carbocycles. The lowest BCUT2D eigenvalue weighted by Gasteiger charge is -2.34. The quantitative estimate of drug-likeness (QED) is 0.727. The first-order valence-corrected chi connectivity index (χ1v) is 8.91. The van der Waals surface area contributed by atoms with E-state index in [1.165, 1.54) is 5.56 Å². The van der Waals surface area contributed by atoms with E-state index in [1.54, 1.807) is 6.26 Å². The third-order valence-electron chi connectivity index (χ3n) is 3.90. The number of halogens is 1. The molecular weight excluding hydrogens is 404 g/mol. The van der Waals surface area contributed by atoms with E-state index >= 15 is 0 Å². The number of piperazine rings is 1. The van der Waals surface area contributed by atoms with E-state index in [2.05, 4.69) is 50.0 Å². The average Bonchev–Trinajstić information content (AvgIpc) is 3.10. The number of furan rings is 1. The molecule has 2 aromatic rings. The van der Waals surface area contributed by atoms with E-state index in [1.807, 2.05) is 12.1 Å². The standard InChI is InChI=1S/C16H19BrN2O.C2H2O4/c17-15-4-1-3-14(11-15)12-18-6-8-19(9-7-18)13-16-5-2-10-20-16;3-1(4)2(5)6/h1-5,10-11H,6-9,12-13H2;(H,3,4)(H,5,6). The Hall–Kier alpha value is -2.16. The summed E-state index contributed by atoms with van der Waals surface area (Å²) in [6, 6.07) is 12.6. The van der Waals surface area contributed by atoms with Crippen LogP contribution in [0.1, 0.15) is 11.3 Å². The SMILES string of the molecule is Brc1cccc(CN2CCN(Cc3ccco3)CC2)c1.O=C(O)C(=O)O. The molecule has 0 spiro atoms. The minimum absolute atomic E-state index is 0.928. The van der Waals surface area contributed by atoms with Crippen molar-refractivity contribution in [3.63, 3.8) is 0 Å². The predicted molar refractivity (Wildman–Crippen MR) is 98.7 cm³/mol. The molecule has 0 atom stereocenters. The second-order valence-electron chi connectivity index (χ2n) is 5.87. The normalized spacial score (nSPS) is 15.1. The fraction of sp³-hybridized carbons (Fsp3) is 0.333. The molecule has 26 heavy (non-hydrogen) atoms. The summed E-state index contributed by atoms with van der Waals surface area (Å²) in [4.78, 5) is 23.2. The van der Waals surface area contributed by atoms with Gasteiger partial charge in [-0.25, -0.2) is 9.59 Å². The molecule has 1 fully saturated rings. The number of nitrogens with zero attached hydrogens (tertiary/aromatic N) is 2. The van der Waals surface area contributed by atoms with E-state index in [4.69, 9.17) is 24.2 Å². The summed E-state index contributed by atoms with van der Waals surface area (Å²) in [6.45, 7) is 6.41. The number of carboxylic acid groups (broad SMARTS) is 2. The van der Waals surface area contributed by atoms with Gasteiger partial charge in [0.15, 0.2) is 0 Å². The summed E-state index contributed by atoms with van der Waals surface area (Å²) in [6.07, 6.45) is 1.75. The Morgan fingerprint density at radius 1 is 0.962 bits per heavy atom. The van der Waals surface area contributed by atoms with E-state index in [0.717, 1.165) is 49.5 Å². The van der Waals surface area contributed by atoms with Gasteiger partial charge in [-0.3, -0.25) is 9.80 Å². The van der Waals surface area contributed by atoms with Crippen LogP contribution in [0.15, 0.2) is 51.6 Å². The Kier molecular flexibility index (Phi) is 7.83. The molecule has 1 aromatic heterocycles. The molecule has 2 N–H and O–H groups in total. The molecule has 140 valence electrons. The summed E-state index contributed by atoms with van der Waals surface area (Å²) in [5, 5.41) is 14.8. The van der Waals surface area contributed by atoms with E-state index in [9.17, 15) is 0 Å². The van der Waals surface area contributed by atoms with Crippen molar-refractivity contribution < 1.29 is 24.2 Å². The number of aliphatic carboxylic acids is 2. The van der Waals surface area contributed by atoms with Gasteiger partial charge in [-0.05, 0) is 29.8 Å². The van der Waals surface area contributed by atoms with Gasteiger partial charge in [0.25, 0.3) is 0 Å². The van der Waals surface area contributed by atoms with Crippen LogP contribution in [0.4, 0.5) is 0 Å². The summed E-state index contributed by atoms with van der Waals surface area (Å²) >= 11 is 3.53. The number of hydrogen-bond acceptors (Lipinski definition) is 5. The number of benzene rings is 1. The highest BCUT2D eigenvalue weighted by Crippen LogP contribution is 2.15. The van der Waals surface area contributed by atoms with Crippen molar-refractivity contribution in [1.29, 1.82) is 0 Å². The van der Waals surface area contributed by atoms with Gasteiger partial charge in [0.2, 0.25) is 0 Å². The summed E-state index contributed by atoms with van der Waals surface area (Å²) in [7, 11) is 0. The third-order valence-corrected chi connectivity index (χ3v) is 4.40. The fourth-order valence-corrected chi connectivity index (χ4v) is 3.07. The predicted octanol–water partition coefficient (Wildman–Crippen LogP) is 2.52. The van der Waals surface area contributed by atoms with Crippen molar-refractivity contribution in [1.82, 2.24) is 9.80 Å². The molecule has 0 unspecified atom stereocenters. The van der Waals surface area contributed by atoms with Gasteiger partial charge in [-0.1, -0.05) is 28.1 Å². The molecule has 0 saturated carbocycles. The molecule has 0 amide bonds. The van der Waals surface area contributed by atoms with Crippen LogP contribution in [0.25, 0.3) is 0 Å². The molecule has 0 radical (unpaired) electrons. The molecule has 8 heteroatoms. The molecular formula is C18H21BrN2O5. The maximum atomic E-state index is 9.10. The number of rotatable bonds is 4. The van der Waals surface area contributed by atoms with Crippen molar-refractivity contribution in [2.75, 3.05) is 26.2 Å². The molecule has 0 aliphatic carbocycles. The highest BCUT2D eigenvalue weighted by molar-refractivity contribution is 9.10. The summed E-state index contributed by atoms with van der Waals surface area (Å²) in [5.41, 5.74) is 1.37. The highest BCUT2D eigenvalue weighted by Gasteiger charge is 2.17. The Morgan fingerprint density at radius 3 is 2.08 bits per heavy atom. The van der Waals surface area contributed by atoms with Crippen molar-refractivity contribution in [2.24, 2.45) is 0 Å². The zero-order chi connectivity index (χ0) is 18.9. The maximum absolute atomic E-state index is 9.10. The van der Waals surface area contributed by atoms with Crippen LogP contribution in [0.3, 0.4) is 0 Å². The van der Waals surface area contributed by atoms with Gasteiger partial charge in [0.05, 0.1) is 12.8 Å². The fourth-order valence-electron chi connectivity index (χ4n) is 2.62. The Balaban J connectivity index is 0.000000352. The molecule has 1 aliphatic rings. The van der Waals surface area contributed by atoms with Crippen LogP contribution in [0, 0.1) is 0 Å². The van der Waals surface area contributed by atoms with Crippen LogP contribution in [0.2, 0.25) is 0 Å². The summed E-state index contributed by atoms with van der Waals surface area (Å²) < 4.78 is 6.57. The third kappa shape index (κ3) is 6.99. The van der Waals surface area contributed by atoms with Crippen molar-refractivity contribution in [3.05, 3.63) is 58.5 Å². The van der Waals surface area contributed by atoms with Gasteiger partial charge >= 0.3 is 11.9 Å². The van der Waals surface area contributed by atoms with Crippen molar-refractivity contribution in [2.45, 2.75) is 13.1 Å². The topological polar surface area (TPSA) is 94.2 Å². The van der Waals surface area contributed by atoms with Crippen LogP contribution >= 0.6 is 15.9 Å². The van der Waals surface area contributed by atoms with Crippen LogP contribution in [0.5, 0.6) is 0 Å². The van der Waals surface area contributed by atoms with Gasteiger partial charge < -0.3 is 14.6 Å². The second kappa shape index (κ2) is 10.1. The van der Waals surface area contributed by atoms with E-state index in [0.29, 0.717) is 0 Å². The van der Waals surface area contributed by atoms with Crippen LogP contribution in [-0.2, 0) is 22.7 Å². The summed E-state index contributed by atoms with van der Waals surface area (Å²) in [5.74, 6) is -2.59. The van der Waals surface area contributed by atoms with Crippen LogP contribution < -0.4 is 0 Å². The molecule has 1 aliphatic heterocycles. The van der Waals surface area contributed by atoms with E-state index < -0.39 is 11.9 Å². The molecule has 1 saturated heterocycles. The second-order valence-corrected chi connectivity index (χ2v) is 6.79. The lowest BCUT2D eigenvalue weighted by Crippen LogP contribution is -2.45. The van der Waals surface area contributed by atoms with Gasteiger partial charge in [0.1, 0.15) is 5.76 Å². The Bertz CT molecular complexity index is 700. The lowest BCUT2D eigenvalue weighted by atomic mass is 10.2. The monoisotopic (exact) mass is 424 g/mol. The number of carbonyl (C=O) groups is 2. The van der Waals surface area contributed by atoms with E-state index in [-0.39, 0.29) is 0 Å². The van der Waals surface area contributed by atoms with Gasteiger partial charge in [-0.15, -0.1) is 0 Å². The maximum Gasteiger partial charge on any atom is 0.414 e.